The number of alkyl halides is 3. The van der Waals surface area contributed by atoms with Crippen molar-refractivity contribution in [3.8, 4) is 0 Å². The molecule has 0 radical (unpaired) electrons. The molecule has 18 heavy (non-hydrogen) atoms. The molecule has 0 aromatic carbocycles. The van der Waals surface area contributed by atoms with Crippen molar-refractivity contribution in [3.63, 3.8) is 0 Å². The van der Waals surface area contributed by atoms with Crippen molar-refractivity contribution in [2.45, 2.75) is 45.6 Å². The van der Waals surface area contributed by atoms with Crippen molar-refractivity contribution in [1.29, 1.82) is 0 Å². The Morgan fingerprint density at radius 1 is 1.17 bits per heavy atom. The number of hydrogen-bond donors (Lipinski definition) is 1. The molecule has 0 unspecified atom stereocenters. The summed E-state index contributed by atoms with van der Waals surface area (Å²) in [5.74, 6) is 0.861. The van der Waals surface area contributed by atoms with E-state index in [-0.39, 0.29) is 18.7 Å². The summed E-state index contributed by atoms with van der Waals surface area (Å²) in [6, 6.07) is 0. The lowest BCUT2D eigenvalue weighted by Crippen LogP contribution is -2.28. The molecule has 104 valence electrons. The van der Waals surface area contributed by atoms with E-state index in [1.165, 1.54) is 0 Å². The van der Waals surface area contributed by atoms with Crippen molar-refractivity contribution >= 4 is 0 Å². The second-order valence-electron chi connectivity index (χ2n) is 4.85. The molecule has 0 saturated heterocycles. The molecule has 1 rings (SSSR count). The standard InChI is InChI=1S/C10H17F3N4O/c1-9(2,3)17-7(4-14)15-16-8(17)5-18-6-10(11,12)13/h4-6,14H2,1-3H3. The largest absolute Gasteiger partial charge is 0.411 e. The molecule has 2 N–H and O–H groups in total. The van der Waals surface area contributed by atoms with E-state index in [1.807, 2.05) is 20.8 Å². The highest BCUT2D eigenvalue weighted by molar-refractivity contribution is 5.00. The summed E-state index contributed by atoms with van der Waals surface area (Å²) in [7, 11) is 0. The van der Waals surface area contributed by atoms with E-state index < -0.39 is 12.8 Å². The van der Waals surface area contributed by atoms with Gasteiger partial charge >= 0.3 is 6.18 Å². The maximum absolute atomic E-state index is 12.0. The minimum Gasteiger partial charge on any atom is -0.364 e. The Morgan fingerprint density at radius 3 is 2.17 bits per heavy atom. The zero-order valence-electron chi connectivity index (χ0n) is 10.6. The van der Waals surface area contributed by atoms with Crippen LogP contribution in [0.15, 0.2) is 0 Å². The number of ether oxygens (including phenoxy) is 1. The molecule has 0 aliphatic rings. The summed E-state index contributed by atoms with van der Waals surface area (Å²) in [4.78, 5) is 0. The van der Waals surface area contributed by atoms with Crippen molar-refractivity contribution in [1.82, 2.24) is 14.8 Å². The zero-order valence-corrected chi connectivity index (χ0v) is 10.6. The van der Waals surface area contributed by atoms with Gasteiger partial charge in [-0.2, -0.15) is 13.2 Å². The molecule has 1 heterocycles. The lowest BCUT2D eigenvalue weighted by molar-refractivity contribution is -0.177. The summed E-state index contributed by atoms with van der Waals surface area (Å²) in [5, 5.41) is 7.66. The number of halogens is 3. The second kappa shape index (κ2) is 5.23. The fourth-order valence-corrected chi connectivity index (χ4v) is 1.61. The Balaban J connectivity index is 2.81. The van der Waals surface area contributed by atoms with Crippen LogP contribution >= 0.6 is 0 Å². The van der Waals surface area contributed by atoms with E-state index in [4.69, 9.17) is 5.73 Å². The van der Waals surface area contributed by atoms with Gasteiger partial charge in [-0.25, -0.2) is 0 Å². The molecule has 0 spiro atoms. The van der Waals surface area contributed by atoms with Gasteiger partial charge in [0, 0.05) is 5.54 Å². The fourth-order valence-electron chi connectivity index (χ4n) is 1.61. The normalized spacial score (nSPS) is 13.1. The van der Waals surface area contributed by atoms with Crippen LogP contribution < -0.4 is 5.73 Å². The number of aromatic nitrogens is 3. The van der Waals surface area contributed by atoms with Crippen molar-refractivity contribution < 1.29 is 17.9 Å². The summed E-state index contributed by atoms with van der Waals surface area (Å²) >= 11 is 0. The Bertz CT molecular complexity index is 395. The minimum absolute atomic E-state index is 0.170. The first-order valence-electron chi connectivity index (χ1n) is 5.43. The fraction of sp³-hybridized carbons (Fsp3) is 0.800. The van der Waals surface area contributed by atoms with Crippen LogP contribution in [-0.4, -0.2) is 27.5 Å². The monoisotopic (exact) mass is 266 g/mol. The second-order valence-corrected chi connectivity index (χ2v) is 4.85. The van der Waals surface area contributed by atoms with Gasteiger partial charge in [0.2, 0.25) is 0 Å². The number of hydrogen-bond acceptors (Lipinski definition) is 4. The van der Waals surface area contributed by atoms with Crippen LogP contribution in [0.4, 0.5) is 13.2 Å². The maximum Gasteiger partial charge on any atom is 0.411 e. The molecule has 0 aliphatic carbocycles. The highest BCUT2D eigenvalue weighted by Gasteiger charge is 2.28. The van der Waals surface area contributed by atoms with Crippen LogP contribution in [0.2, 0.25) is 0 Å². The zero-order chi connectivity index (χ0) is 14.0. The van der Waals surface area contributed by atoms with Crippen molar-refractivity contribution in [2.24, 2.45) is 5.73 Å². The quantitative estimate of drug-likeness (QED) is 0.898. The highest BCUT2D eigenvalue weighted by atomic mass is 19.4. The van der Waals surface area contributed by atoms with Crippen LogP contribution in [0, 0.1) is 0 Å². The van der Waals surface area contributed by atoms with Gasteiger partial charge in [0.1, 0.15) is 19.0 Å². The lowest BCUT2D eigenvalue weighted by atomic mass is 10.1. The third-order valence-corrected chi connectivity index (χ3v) is 2.15. The number of nitrogens with two attached hydrogens (primary N) is 1. The van der Waals surface area contributed by atoms with E-state index in [0.717, 1.165) is 0 Å². The van der Waals surface area contributed by atoms with Crippen molar-refractivity contribution in [2.75, 3.05) is 6.61 Å². The molecule has 0 atom stereocenters. The molecular weight excluding hydrogens is 249 g/mol. The third kappa shape index (κ3) is 3.95. The van der Waals surface area contributed by atoms with E-state index in [0.29, 0.717) is 11.6 Å². The average Bonchev–Trinajstić information content (AvgIpc) is 2.58. The lowest BCUT2D eigenvalue weighted by Gasteiger charge is -2.24. The first-order chi connectivity index (χ1) is 8.15. The summed E-state index contributed by atoms with van der Waals surface area (Å²) in [6.45, 7) is 4.30. The van der Waals surface area contributed by atoms with E-state index in [1.54, 1.807) is 4.57 Å². The molecular formula is C10H17F3N4O. The molecule has 0 bridgehead atoms. The summed E-state index contributed by atoms with van der Waals surface area (Å²) in [6.07, 6.45) is -4.34. The molecule has 0 amide bonds. The molecule has 0 aliphatic heterocycles. The van der Waals surface area contributed by atoms with Gasteiger partial charge < -0.3 is 15.0 Å². The first-order valence-corrected chi connectivity index (χ1v) is 5.43. The number of nitrogens with zero attached hydrogens (tertiary/aromatic N) is 3. The van der Waals surface area contributed by atoms with Crippen LogP contribution in [0.5, 0.6) is 0 Å². The smallest absolute Gasteiger partial charge is 0.364 e. The van der Waals surface area contributed by atoms with E-state index in [9.17, 15) is 13.2 Å². The van der Waals surface area contributed by atoms with Gasteiger partial charge in [-0.3, -0.25) is 0 Å². The van der Waals surface area contributed by atoms with Gasteiger partial charge in [0.25, 0.3) is 0 Å². The maximum atomic E-state index is 12.0. The molecule has 1 aromatic rings. The van der Waals surface area contributed by atoms with Crippen LogP contribution in [0.1, 0.15) is 32.4 Å². The Morgan fingerprint density at radius 2 is 1.72 bits per heavy atom. The van der Waals surface area contributed by atoms with Gasteiger partial charge in [0.05, 0.1) is 6.54 Å². The van der Waals surface area contributed by atoms with Gasteiger partial charge in [-0.05, 0) is 20.8 Å². The van der Waals surface area contributed by atoms with Crippen LogP contribution in [-0.2, 0) is 23.4 Å². The van der Waals surface area contributed by atoms with Gasteiger partial charge in [-0.15, -0.1) is 10.2 Å². The Labute approximate surface area is 103 Å². The van der Waals surface area contributed by atoms with Crippen LogP contribution in [0.25, 0.3) is 0 Å². The average molecular weight is 266 g/mol. The highest BCUT2D eigenvalue weighted by Crippen LogP contribution is 2.20. The predicted octanol–water partition coefficient (Wildman–Crippen LogP) is 1.57. The van der Waals surface area contributed by atoms with E-state index in [2.05, 4.69) is 14.9 Å². The third-order valence-electron chi connectivity index (χ3n) is 2.15. The van der Waals surface area contributed by atoms with Crippen molar-refractivity contribution in [3.05, 3.63) is 11.6 Å². The van der Waals surface area contributed by atoms with Gasteiger partial charge in [0.15, 0.2) is 5.82 Å². The Kier molecular flexibility index (Phi) is 4.33. The molecule has 5 nitrogen and oxygen atoms in total. The molecule has 0 saturated carbocycles. The van der Waals surface area contributed by atoms with E-state index >= 15 is 0 Å². The Hall–Kier alpha value is -1.15. The molecule has 0 fully saturated rings. The van der Waals surface area contributed by atoms with Gasteiger partial charge in [-0.1, -0.05) is 0 Å². The first kappa shape index (κ1) is 14.9. The SMILES string of the molecule is CC(C)(C)n1c(CN)nnc1COCC(F)(F)F. The predicted molar refractivity (Wildman–Crippen MR) is 58.6 cm³/mol. The minimum atomic E-state index is -4.34. The molecule has 1 aromatic heterocycles. The van der Waals surface area contributed by atoms with Crippen LogP contribution in [0.3, 0.4) is 0 Å². The summed E-state index contributed by atoms with van der Waals surface area (Å²) in [5.41, 5.74) is 5.15. The summed E-state index contributed by atoms with van der Waals surface area (Å²) < 4.78 is 42.2. The topological polar surface area (TPSA) is 66.0 Å². The number of rotatable bonds is 4. The molecule has 8 heteroatoms.